The number of nitrogens with zero attached hydrogens (tertiary/aromatic N) is 2. The predicted molar refractivity (Wildman–Crippen MR) is 103 cm³/mol. The third kappa shape index (κ3) is 3.70. The standard InChI is InChI=1S/C20H22N2O4S/c1-25-16-8-6-7-15(13-16)14-27(23,24)22-12-5-4-10-18(22)20-21-17-9-2-3-11-19(17)26-20/h2-3,6-9,11,13,18H,4-5,10,12,14H2,1H3. The van der Waals surface area contributed by atoms with Gasteiger partial charge in [0.2, 0.25) is 15.9 Å². The number of aromatic nitrogens is 1. The van der Waals surface area contributed by atoms with E-state index in [-0.39, 0.29) is 11.8 Å². The molecule has 0 amide bonds. The zero-order chi connectivity index (χ0) is 18.9. The SMILES string of the molecule is COc1cccc(CS(=O)(=O)N2CCCCC2c2nc3ccccc3o2)c1. The topological polar surface area (TPSA) is 72.6 Å². The molecular formula is C20H22N2O4S. The van der Waals surface area contributed by atoms with Gasteiger partial charge in [0.25, 0.3) is 0 Å². The van der Waals surface area contributed by atoms with E-state index in [4.69, 9.17) is 9.15 Å². The second-order valence-electron chi connectivity index (χ2n) is 6.75. The monoisotopic (exact) mass is 386 g/mol. The Morgan fingerprint density at radius 3 is 2.85 bits per heavy atom. The Morgan fingerprint density at radius 2 is 2.04 bits per heavy atom. The minimum atomic E-state index is -3.52. The minimum absolute atomic E-state index is 0.0685. The molecule has 0 bridgehead atoms. The molecule has 1 aliphatic heterocycles. The number of fused-ring (bicyclic) bond motifs is 1. The Morgan fingerprint density at radius 1 is 1.19 bits per heavy atom. The van der Waals surface area contributed by atoms with Gasteiger partial charge < -0.3 is 9.15 Å². The van der Waals surface area contributed by atoms with Crippen LogP contribution in [0.1, 0.15) is 36.8 Å². The van der Waals surface area contributed by atoms with Gasteiger partial charge in [-0.05, 0) is 42.7 Å². The van der Waals surface area contributed by atoms with Crippen molar-refractivity contribution in [2.24, 2.45) is 0 Å². The average Bonchev–Trinajstić information content (AvgIpc) is 3.12. The predicted octanol–water partition coefficient (Wildman–Crippen LogP) is 3.89. The smallest absolute Gasteiger partial charge is 0.219 e. The molecule has 2 heterocycles. The van der Waals surface area contributed by atoms with Gasteiger partial charge in [-0.15, -0.1) is 0 Å². The number of para-hydroxylation sites is 2. The second kappa shape index (κ2) is 7.32. The summed E-state index contributed by atoms with van der Waals surface area (Å²) < 4.78 is 39.0. The van der Waals surface area contributed by atoms with Crippen LogP contribution in [0.4, 0.5) is 0 Å². The first-order valence-corrected chi connectivity index (χ1v) is 10.7. The summed E-state index contributed by atoms with van der Waals surface area (Å²) in [6.45, 7) is 0.482. The molecule has 4 rings (SSSR count). The van der Waals surface area contributed by atoms with Crippen LogP contribution in [0.3, 0.4) is 0 Å². The molecule has 0 spiro atoms. The Bertz CT molecular complexity index is 1010. The number of hydrogen-bond donors (Lipinski definition) is 0. The number of oxazole rings is 1. The van der Waals surface area contributed by atoms with Gasteiger partial charge in [-0.2, -0.15) is 4.31 Å². The zero-order valence-electron chi connectivity index (χ0n) is 15.2. The first-order chi connectivity index (χ1) is 13.1. The molecule has 1 fully saturated rings. The maximum absolute atomic E-state index is 13.2. The van der Waals surface area contributed by atoms with Gasteiger partial charge in [-0.3, -0.25) is 0 Å². The number of benzene rings is 2. The molecule has 0 saturated carbocycles. The number of rotatable bonds is 5. The summed E-state index contributed by atoms with van der Waals surface area (Å²) in [6.07, 6.45) is 2.51. The molecule has 0 radical (unpaired) electrons. The van der Waals surface area contributed by atoms with E-state index in [0.29, 0.717) is 35.8 Å². The van der Waals surface area contributed by atoms with Crippen LogP contribution in [0, 0.1) is 0 Å². The molecule has 27 heavy (non-hydrogen) atoms. The maximum atomic E-state index is 13.2. The fourth-order valence-corrected chi connectivity index (χ4v) is 5.33. The number of piperidine rings is 1. The van der Waals surface area contributed by atoms with Crippen molar-refractivity contribution in [2.75, 3.05) is 13.7 Å². The molecule has 6 nitrogen and oxygen atoms in total. The largest absolute Gasteiger partial charge is 0.497 e. The van der Waals surface area contributed by atoms with Gasteiger partial charge in [0.05, 0.1) is 12.9 Å². The fourth-order valence-electron chi connectivity index (χ4n) is 3.57. The van der Waals surface area contributed by atoms with Crippen molar-refractivity contribution in [3.63, 3.8) is 0 Å². The zero-order valence-corrected chi connectivity index (χ0v) is 16.0. The van der Waals surface area contributed by atoms with E-state index >= 15 is 0 Å². The highest BCUT2D eigenvalue weighted by Gasteiger charge is 2.36. The molecular weight excluding hydrogens is 364 g/mol. The van der Waals surface area contributed by atoms with Crippen LogP contribution in [0.2, 0.25) is 0 Å². The summed E-state index contributed by atoms with van der Waals surface area (Å²) in [7, 11) is -1.95. The van der Waals surface area contributed by atoms with Gasteiger partial charge >= 0.3 is 0 Å². The molecule has 0 N–H and O–H groups in total. The van der Waals surface area contributed by atoms with Crippen LogP contribution in [-0.4, -0.2) is 31.4 Å². The normalized spacial score (nSPS) is 18.6. The quantitative estimate of drug-likeness (QED) is 0.665. The highest BCUT2D eigenvalue weighted by atomic mass is 32.2. The van der Waals surface area contributed by atoms with E-state index in [1.54, 1.807) is 35.7 Å². The summed E-state index contributed by atoms with van der Waals surface area (Å²) in [5.74, 6) is 1.06. The first-order valence-electron chi connectivity index (χ1n) is 9.05. The van der Waals surface area contributed by atoms with Crippen molar-refractivity contribution in [2.45, 2.75) is 31.1 Å². The minimum Gasteiger partial charge on any atom is -0.497 e. The van der Waals surface area contributed by atoms with Crippen molar-refractivity contribution < 1.29 is 17.6 Å². The second-order valence-corrected chi connectivity index (χ2v) is 8.67. The highest BCUT2D eigenvalue weighted by molar-refractivity contribution is 7.88. The lowest BCUT2D eigenvalue weighted by Gasteiger charge is -2.32. The molecule has 2 aromatic carbocycles. The van der Waals surface area contributed by atoms with Crippen LogP contribution in [0.15, 0.2) is 52.9 Å². The van der Waals surface area contributed by atoms with E-state index < -0.39 is 10.0 Å². The van der Waals surface area contributed by atoms with Crippen LogP contribution in [-0.2, 0) is 15.8 Å². The summed E-state index contributed by atoms with van der Waals surface area (Å²) >= 11 is 0. The Labute approximate surface area is 158 Å². The summed E-state index contributed by atoms with van der Waals surface area (Å²) in [4.78, 5) is 4.54. The van der Waals surface area contributed by atoms with Crippen LogP contribution in [0.5, 0.6) is 5.75 Å². The molecule has 142 valence electrons. The maximum Gasteiger partial charge on any atom is 0.219 e. The fraction of sp³-hybridized carbons (Fsp3) is 0.350. The van der Waals surface area contributed by atoms with E-state index in [1.807, 2.05) is 24.3 Å². The van der Waals surface area contributed by atoms with E-state index in [9.17, 15) is 8.42 Å². The number of sulfonamides is 1. The molecule has 1 saturated heterocycles. The van der Waals surface area contributed by atoms with E-state index in [0.717, 1.165) is 18.4 Å². The number of methoxy groups -OCH3 is 1. The van der Waals surface area contributed by atoms with Crippen molar-refractivity contribution in [1.29, 1.82) is 0 Å². The molecule has 1 atom stereocenters. The van der Waals surface area contributed by atoms with Crippen molar-refractivity contribution in [3.05, 3.63) is 60.0 Å². The molecule has 3 aromatic rings. The lowest BCUT2D eigenvalue weighted by Crippen LogP contribution is -2.39. The summed E-state index contributed by atoms with van der Waals surface area (Å²) in [5, 5.41) is 0. The van der Waals surface area contributed by atoms with Gasteiger partial charge in [0.15, 0.2) is 5.58 Å². The summed E-state index contributed by atoms with van der Waals surface area (Å²) in [5.41, 5.74) is 2.14. The average molecular weight is 386 g/mol. The third-order valence-corrected chi connectivity index (χ3v) is 6.74. The van der Waals surface area contributed by atoms with Crippen LogP contribution >= 0.6 is 0 Å². The lowest BCUT2D eigenvalue weighted by molar-refractivity contribution is 0.222. The van der Waals surface area contributed by atoms with Gasteiger partial charge in [0, 0.05) is 6.54 Å². The van der Waals surface area contributed by atoms with Crippen molar-refractivity contribution in [1.82, 2.24) is 9.29 Å². The van der Waals surface area contributed by atoms with E-state index in [1.165, 1.54) is 0 Å². The van der Waals surface area contributed by atoms with E-state index in [2.05, 4.69) is 4.98 Å². The molecule has 7 heteroatoms. The highest BCUT2D eigenvalue weighted by Crippen LogP contribution is 2.35. The summed E-state index contributed by atoms with van der Waals surface area (Å²) in [6, 6.07) is 14.3. The van der Waals surface area contributed by atoms with Gasteiger partial charge in [-0.1, -0.05) is 30.7 Å². The number of hydrogen-bond acceptors (Lipinski definition) is 5. The Hall–Kier alpha value is -2.38. The van der Waals surface area contributed by atoms with Crippen LogP contribution < -0.4 is 4.74 Å². The van der Waals surface area contributed by atoms with Crippen LogP contribution in [0.25, 0.3) is 11.1 Å². The molecule has 1 unspecified atom stereocenters. The molecule has 0 aliphatic carbocycles. The molecule has 1 aliphatic rings. The van der Waals surface area contributed by atoms with Gasteiger partial charge in [-0.25, -0.2) is 13.4 Å². The molecule has 1 aromatic heterocycles. The number of ether oxygens (including phenoxy) is 1. The first kappa shape index (κ1) is 18.0. The van der Waals surface area contributed by atoms with Crippen molar-refractivity contribution in [3.8, 4) is 5.75 Å². The Kier molecular flexibility index (Phi) is 4.88. The third-order valence-electron chi connectivity index (χ3n) is 4.89. The lowest BCUT2D eigenvalue weighted by atomic mass is 10.1. The Balaban J connectivity index is 1.64. The van der Waals surface area contributed by atoms with Gasteiger partial charge in [0.1, 0.15) is 17.3 Å². The van der Waals surface area contributed by atoms with Crippen molar-refractivity contribution >= 4 is 21.1 Å².